The number of aromatic nitrogens is 6. The first-order chi connectivity index (χ1) is 24.1. The monoisotopic (exact) mass is 681 g/mol. The van der Waals surface area contributed by atoms with Gasteiger partial charge in [0.05, 0.1) is 11.3 Å². The lowest BCUT2D eigenvalue weighted by Gasteiger charge is -2.03. The number of hydrogen-bond donors (Lipinski definition) is 2. The van der Waals surface area contributed by atoms with Crippen molar-refractivity contribution in [3.8, 4) is 45.2 Å². The smallest absolute Gasteiger partial charge is 0.272 e. The van der Waals surface area contributed by atoms with E-state index in [1.54, 1.807) is 0 Å². The highest BCUT2D eigenvalue weighted by Gasteiger charge is 2.30. The zero-order chi connectivity index (χ0) is 33.2. The highest BCUT2D eigenvalue weighted by Crippen LogP contribution is 2.36. The van der Waals surface area contributed by atoms with E-state index in [0.29, 0.717) is 28.9 Å². The standard InChI is InChI=1S/C37H29N8O2S2/c1-23-13-15-32(38-18-23)42-37-41-30(22-49-37)34-24(2)47-45(35(34)27-11-7-4-8-12-27)20-25-14-16-33(39-19-25)43-36-40-29(21-48-36)31-17-28(44-46-31)26-9-5-3-6-10-26/h3-19,21-22H,20H2,1-2H3,(H,38,41,42)(H,39,40,43)/q+1. The molecule has 2 aromatic carbocycles. The molecule has 0 radical (unpaired) electrons. The van der Waals surface area contributed by atoms with Crippen LogP contribution in [0.5, 0.6) is 0 Å². The van der Waals surface area contributed by atoms with Gasteiger partial charge in [0.25, 0.3) is 5.69 Å². The molecule has 0 aliphatic rings. The number of pyridine rings is 2. The van der Waals surface area contributed by atoms with Crippen molar-refractivity contribution < 1.29 is 13.8 Å². The van der Waals surface area contributed by atoms with E-state index in [4.69, 9.17) is 14.0 Å². The van der Waals surface area contributed by atoms with Crippen LogP contribution in [0.25, 0.3) is 45.2 Å². The lowest BCUT2D eigenvalue weighted by molar-refractivity contribution is -0.849. The van der Waals surface area contributed by atoms with Crippen LogP contribution in [0, 0.1) is 13.8 Å². The van der Waals surface area contributed by atoms with E-state index in [2.05, 4.69) is 42.9 Å². The molecule has 10 nitrogen and oxygen atoms in total. The molecule has 0 spiro atoms. The van der Waals surface area contributed by atoms with Crippen LogP contribution in [0.1, 0.15) is 16.9 Å². The largest absolute Gasteiger partial charge is 0.354 e. The molecule has 0 atom stereocenters. The lowest BCUT2D eigenvalue weighted by atomic mass is 10.0. The molecule has 49 heavy (non-hydrogen) atoms. The van der Waals surface area contributed by atoms with Crippen LogP contribution in [0.15, 0.2) is 123 Å². The second kappa shape index (κ2) is 13.3. The van der Waals surface area contributed by atoms with Gasteiger partial charge in [0.15, 0.2) is 21.8 Å². The number of rotatable bonds is 10. The molecule has 0 amide bonds. The van der Waals surface area contributed by atoms with Gasteiger partial charge < -0.3 is 15.2 Å². The van der Waals surface area contributed by atoms with Crippen molar-refractivity contribution in [2.75, 3.05) is 10.6 Å². The number of hydrogen-bond acceptors (Lipinski definition) is 11. The van der Waals surface area contributed by atoms with Crippen molar-refractivity contribution >= 4 is 44.6 Å². The van der Waals surface area contributed by atoms with Crippen molar-refractivity contribution in [2.24, 2.45) is 0 Å². The Morgan fingerprint density at radius 2 is 1.35 bits per heavy atom. The lowest BCUT2D eigenvalue weighted by Crippen LogP contribution is -2.34. The zero-order valence-corrected chi connectivity index (χ0v) is 28.1. The fourth-order valence-corrected chi connectivity index (χ4v) is 6.81. The molecular formula is C37H29N8O2S2+. The summed E-state index contributed by atoms with van der Waals surface area (Å²) in [6, 6.07) is 30.0. The van der Waals surface area contributed by atoms with Crippen molar-refractivity contribution in [3.63, 3.8) is 0 Å². The Kier molecular flexibility index (Phi) is 8.22. The predicted octanol–water partition coefficient (Wildman–Crippen LogP) is 9.08. The van der Waals surface area contributed by atoms with Gasteiger partial charge in [-0.2, -0.15) is 0 Å². The maximum Gasteiger partial charge on any atom is 0.272 e. The van der Waals surface area contributed by atoms with Crippen molar-refractivity contribution in [1.82, 2.24) is 25.1 Å². The summed E-state index contributed by atoms with van der Waals surface area (Å²) < 4.78 is 13.9. The summed E-state index contributed by atoms with van der Waals surface area (Å²) in [4.78, 5) is 18.7. The molecule has 0 bridgehead atoms. The summed E-state index contributed by atoms with van der Waals surface area (Å²) in [7, 11) is 0. The van der Waals surface area contributed by atoms with Crippen LogP contribution < -0.4 is 15.4 Å². The molecule has 6 aromatic heterocycles. The highest BCUT2D eigenvalue weighted by molar-refractivity contribution is 7.14. The minimum atomic E-state index is 0.484. The predicted molar refractivity (Wildman–Crippen MR) is 192 cm³/mol. The quantitative estimate of drug-likeness (QED) is 0.136. The molecule has 2 N–H and O–H groups in total. The van der Waals surface area contributed by atoms with E-state index in [-0.39, 0.29) is 0 Å². The zero-order valence-electron chi connectivity index (χ0n) is 26.5. The molecule has 0 unspecified atom stereocenters. The summed E-state index contributed by atoms with van der Waals surface area (Å²) in [6.07, 6.45) is 3.68. The summed E-state index contributed by atoms with van der Waals surface area (Å²) in [6.45, 7) is 4.47. The Morgan fingerprint density at radius 1 is 0.694 bits per heavy atom. The second-order valence-electron chi connectivity index (χ2n) is 11.3. The van der Waals surface area contributed by atoms with E-state index in [0.717, 1.165) is 61.6 Å². The number of benzene rings is 2. The SMILES string of the molecule is Cc1ccc(Nc2nc(-c3c(C)o[n+](Cc4ccc(Nc5nc(-c6cc(-c7ccccc7)no6)cs5)nc4)c3-c3ccccc3)cs2)nc1. The molecule has 6 heterocycles. The van der Waals surface area contributed by atoms with E-state index < -0.39 is 0 Å². The van der Waals surface area contributed by atoms with Crippen molar-refractivity contribution in [1.29, 1.82) is 0 Å². The van der Waals surface area contributed by atoms with Gasteiger partial charge in [-0.25, -0.2) is 24.5 Å². The number of nitrogens with zero attached hydrogens (tertiary/aromatic N) is 6. The second-order valence-corrected chi connectivity index (χ2v) is 13.0. The Morgan fingerprint density at radius 3 is 2.02 bits per heavy atom. The minimum Gasteiger partial charge on any atom is -0.354 e. The first kappa shape index (κ1) is 30.4. The van der Waals surface area contributed by atoms with E-state index in [1.807, 2.05) is 121 Å². The number of thiazole rings is 2. The summed E-state index contributed by atoms with van der Waals surface area (Å²) in [5, 5.41) is 16.3. The summed E-state index contributed by atoms with van der Waals surface area (Å²) >= 11 is 3.00. The molecule has 0 fully saturated rings. The molecule has 0 aliphatic carbocycles. The van der Waals surface area contributed by atoms with Crippen LogP contribution >= 0.6 is 22.7 Å². The van der Waals surface area contributed by atoms with Crippen molar-refractivity contribution in [3.05, 3.63) is 131 Å². The van der Waals surface area contributed by atoms with Gasteiger partial charge in [0.2, 0.25) is 6.54 Å². The topological polar surface area (TPSA) is 119 Å². The maximum absolute atomic E-state index is 6.38. The fourth-order valence-electron chi connectivity index (χ4n) is 5.40. The van der Waals surface area contributed by atoms with Gasteiger partial charge in [-0.15, -0.1) is 22.7 Å². The Labute approximate surface area is 289 Å². The maximum atomic E-state index is 6.38. The summed E-state index contributed by atoms with van der Waals surface area (Å²) in [5.41, 5.74) is 8.32. The van der Waals surface area contributed by atoms with Gasteiger partial charge in [-0.05, 0) is 47.6 Å². The van der Waals surface area contributed by atoms with Crippen molar-refractivity contribution in [2.45, 2.75) is 20.4 Å². The Hall–Kier alpha value is -5.98. The molecular weight excluding hydrogens is 653 g/mol. The van der Waals surface area contributed by atoms with Crippen LogP contribution in [0.4, 0.5) is 21.9 Å². The van der Waals surface area contributed by atoms with Gasteiger partial charge in [0.1, 0.15) is 28.6 Å². The van der Waals surface area contributed by atoms with Crippen LogP contribution in [0.2, 0.25) is 0 Å². The molecule has 8 rings (SSSR count). The van der Waals surface area contributed by atoms with Gasteiger partial charge in [-0.1, -0.05) is 59.8 Å². The molecule has 0 saturated heterocycles. The number of anilines is 4. The number of nitrogens with one attached hydrogen (secondary N) is 2. The Bertz CT molecular complexity index is 2330. The molecule has 12 heteroatoms. The molecule has 8 aromatic rings. The summed E-state index contributed by atoms with van der Waals surface area (Å²) in [5.74, 6) is 2.82. The first-order valence-electron chi connectivity index (χ1n) is 15.5. The van der Waals surface area contributed by atoms with Gasteiger partial charge in [0, 0.05) is 47.3 Å². The molecule has 240 valence electrons. The molecule has 0 aliphatic heterocycles. The average Bonchev–Trinajstić information content (AvgIpc) is 3.95. The molecule has 0 saturated carbocycles. The minimum absolute atomic E-state index is 0.484. The van der Waals surface area contributed by atoms with E-state index in [1.165, 1.54) is 22.7 Å². The van der Waals surface area contributed by atoms with Gasteiger partial charge >= 0.3 is 0 Å². The number of aryl methyl sites for hydroxylation is 2. The normalized spacial score (nSPS) is 11.1. The first-order valence-corrected chi connectivity index (χ1v) is 17.3. The van der Waals surface area contributed by atoms with Gasteiger partial charge in [-0.3, -0.25) is 0 Å². The van der Waals surface area contributed by atoms with Crippen LogP contribution in [-0.4, -0.2) is 25.1 Å². The van der Waals surface area contributed by atoms with E-state index in [9.17, 15) is 0 Å². The van der Waals surface area contributed by atoms with Crippen LogP contribution in [0.3, 0.4) is 0 Å². The highest BCUT2D eigenvalue weighted by atomic mass is 32.1. The fraction of sp³-hybridized carbons (Fsp3) is 0.0811. The Balaban J connectivity index is 1.01. The average molecular weight is 682 g/mol. The third-order valence-electron chi connectivity index (χ3n) is 7.76. The van der Waals surface area contributed by atoms with E-state index >= 15 is 0 Å². The third kappa shape index (κ3) is 6.59. The van der Waals surface area contributed by atoms with Crippen LogP contribution in [-0.2, 0) is 6.54 Å². The third-order valence-corrected chi connectivity index (χ3v) is 9.28.